The predicted octanol–water partition coefficient (Wildman–Crippen LogP) is -0.989. The Balaban J connectivity index is 3.25. The van der Waals surface area contributed by atoms with Crippen LogP contribution in [0.5, 0.6) is 0 Å². The highest BCUT2D eigenvalue weighted by atomic mass is 16.3. The second kappa shape index (κ2) is 7.54. The average Bonchev–Trinajstić information content (AvgIpc) is 2.04. The summed E-state index contributed by atoms with van der Waals surface area (Å²) in [5.74, 6) is -0.245. The minimum Gasteiger partial charge on any atom is -0.396 e. The fraction of sp³-hybridized carbons (Fsp3) is 0.750. The Morgan fingerprint density at radius 1 is 1.23 bits per heavy atom. The largest absolute Gasteiger partial charge is 0.396 e. The van der Waals surface area contributed by atoms with Crippen molar-refractivity contribution in [3.8, 4) is 0 Å². The normalized spacial score (nSPS) is 9.38. The van der Waals surface area contributed by atoms with Gasteiger partial charge in [0.1, 0.15) is 0 Å². The molecule has 0 aromatic carbocycles. The van der Waals surface area contributed by atoms with E-state index in [1.807, 2.05) is 0 Å². The van der Waals surface area contributed by atoms with Crippen LogP contribution < -0.4 is 10.6 Å². The summed E-state index contributed by atoms with van der Waals surface area (Å²) in [4.78, 5) is 21.4. The maximum Gasteiger partial charge on any atom is 0.221 e. The van der Waals surface area contributed by atoms with E-state index in [1.165, 1.54) is 6.92 Å². The number of amides is 2. The third-order valence-corrected chi connectivity index (χ3v) is 1.38. The van der Waals surface area contributed by atoms with Gasteiger partial charge in [-0.15, -0.1) is 0 Å². The summed E-state index contributed by atoms with van der Waals surface area (Å²) < 4.78 is 0. The molecule has 0 aliphatic rings. The first-order valence-electron chi connectivity index (χ1n) is 4.29. The fourth-order valence-corrected chi connectivity index (χ4v) is 0.747. The molecule has 0 aromatic heterocycles. The van der Waals surface area contributed by atoms with E-state index in [1.54, 1.807) is 0 Å². The molecule has 0 aromatic rings. The Hall–Kier alpha value is -1.10. The molecule has 2 amide bonds. The summed E-state index contributed by atoms with van der Waals surface area (Å²) in [6.45, 7) is 2.32. The molecule has 0 fully saturated rings. The summed E-state index contributed by atoms with van der Waals surface area (Å²) in [5.41, 5.74) is 0. The molecule has 0 heterocycles. The molecule has 13 heavy (non-hydrogen) atoms. The lowest BCUT2D eigenvalue weighted by Crippen LogP contribution is -2.30. The van der Waals surface area contributed by atoms with Crippen LogP contribution in [0.3, 0.4) is 0 Å². The molecule has 0 radical (unpaired) electrons. The van der Waals surface area contributed by atoms with Crippen molar-refractivity contribution in [3.63, 3.8) is 0 Å². The molecule has 0 aliphatic heterocycles. The number of aliphatic hydroxyl groups is 1. The average molecular weight is 188 g/mol. The predicted molar refractivity (Wildman–Crippen MR) is 48.0 cm³/mol. The van der Waals surface area contributed by atoms with Crippen molar-refractivity contribution in [2.24, 2.45) is 0 Å². The third-order valence-electron chi connectivity index (χ3n) is 1.38. The van der Waals surface area contributed by atoms with E-state index in [-0.39, 0.29) is 24.8 Å². The minimum atomic E-state index is -0.136. The van der Waals surface area contributed by atoms with E-state index in [2.05, 4.69) is 10.6 Å². The summed E-state index contributed by atoms with van der Waals surface area (Å²) in [7, 11) is 0. The summed E-state index contributed by atoms with van der Waals surface area (Å²) >= 11 is 0. The summed E-state index contributed by atoms with van der Waals surface area (Å²) in [6.07, 6.45) is 0.844. The van der Waals surface area contributed by atoms with Gasteiger partial charge in [-0.3, -0.25) is 9.59 Å². The van der Waals surface area contributed by atoms with E-state index < -0.39 is 0 Å². The van der Waals surface area contributed by atoms with Gasteiger partial charge < -0.3 is 15.7 Å². The molecule has 3 N–H and O–H groups in total. The summed E-state index contributed by atoms with van der Waals surface area (Å²) in [6, 6.07) is 0. The van der Waals surface area contributed by atoms with E-state index in [9.17, 15) is 9.59 Å². The standard InChI is InChI=1S/C8H16N2O3/c1-7(12)9-5-3-8(13)10-4-2-6-11/h11H,2-6H2,1H3,(H,9,12)(H,10,13). The zero-order chi connectivity index (χ0) is 10.1. The van der Waals surface area contributed by atoms with Crippen LogP contribution in [0.15, 0.2) is 0 Å². The van der Waals surface area contributed by atoms with Gasteiger partial charge in [0.15, 0.2) is 0 Å². The second-order valence-electron chi connectivity index (χ2n) is 2.66. The zero-order valence-corrected chi connectivity index (χ0v) is 7.80. The van der Waals surface area contributed by atoms with Crippen LogP contribution in [0.1, 0.15) is 19.8 Å². The molecule has 5 nitrogen and oxygen atoms in total. The summed E-state index contributed by atoms with van der Waals surface area (Å²) in [5, 5.41) is 13.5. The highest BCUT2D eigenvalue weighted by molar-refractivity contribution is 5.77. The van der Waals surface area contributed by atoms with Gasteiger partial charge in [-0.25, -0.2) is 0 Å². The first kappa shape index (κ1) is 11.9. The SMILES string of the molecule is CC(=O)NCCC(=O)NCCCO. The first-order chi connectivity index (χ1) is 6.16. The number of hydrogen-bond acceptors (Lipinski definition) is 3. The molecule has 0 unspecified atom stereocenters. The molecule has 0 rings (SSSR count). The van der Waals surface area contributed by atoms with Crippen LogP contribution in [0.4, 0.5) is 0 Å². The number of aliphatic hydroxyl groups excluding tert-OH is 1. The maximum atomic E-state index is 11.0. The number of carbonyl (C=O) groups excluding carboxylic acids is 2. The molecule has 0 atom stereocenters. The van der Waals surface area contributed by atoms with Crippen LogP contribution in [-0.2, 0) is 9.59 Å². The maximum absolute atomic E-state index is 11.0. The van der Waals surface area contributed by atoms with E-state index >= 15 is 0 Å². The third kappa shape index (κ3) is 8.81. The van der Waals surface area contributed by atoms with E-state index in [0.717, 1.165) is 0 Å². The molecular formula is C8H16N2O3. The molecule has 0 spiro atoms. The Morgan fingerprint density at radius 2 is 1.92 bits per heavy atom. The number of hydrogen-bond donors (Lipinski definition) is 3. The van der Waals surface area contributed by atoms with Crippen molar-refractivity contribution in [1.29, 1.82) is 0 Å². The number of rotatable bonds is 6. The van der Waals surface area contributed by atoms with Crippen LogP contribution in [0.2, 0.25) is 0 Å². The first-order valence-corrected chi connectivity index (χ1v) is 4.29. The lowest BCUT2D eigenvalue weighted by molar-refractivity contribution is -0.121. The van der Waals surface area contributed by atoms with Gasteiger partial charge >= 0.3 is 0 Å². The van der Waals surface area contributed by atoms with Crippen molar-refractivity contribution >= 4 is 11.8 Å². The molecule has 5 heteroatoms. The molecule has 76 valence electrons. The van der Waals surface area contributed by atoms with Crippen LogP contribution in [0, 0.1) is 0 Å². The Labute approximate surface area is 77.5 Å². The van der Waals surface area contributed by atoms with Crippen LogP contribution >= 0.6 is 0 Å². The van der Waals surface area contributed by atoms with E-state index in [0.29, 0.717) is 19.5 Å². The highest BCUT2D eigenvalue weighted by Gasteiger charge is 1.99. The number of carbonyl (C=O) groups is 2. The van der Waals surface area contributed by atoms with Crippen molar-refractivity contribution in [2.45, 2.75) is 19.8 Å². The van der Waals surface area contributed by atoms with Crippen molar-refractivity contribution in [3.05, 3.63) is 0 Å². The van der Waals surface area contributed by atoms with Crippen molar-refractivity contribution in [1.82, 2.24) is 10.6 Å². The van der Waals surface area contributed by atoms with Gasteiger partial charge in [0.25, 0.3) is 0 Å². The molecule has 0 saturated carbocycles. The van der Waals surface area contributed by atoms with E-state index in [4.69, 9.17) is 5.11 Å². The Kier molecular flexibility index (Phi) is 6.91. The highest BCUT2D eigenvalue weighted by Crippen LogP contribution is 1.79. The lowest BCUT2D eigenvalue weighted by atomic mass is 10.3. The smallest absolute Gasteiger partial charge is 0.221 e. The van der Waals surface area contributed by atoms with Crippen molar-refractivity contribution < 1.29 is 14.7 Å². The lowest BCUT2D eigenvalue weighted by Gasteiger charge is -2.03. The quantitative estimate of drug-likeness (QED) is 0.468. The van der Waals surface area contributed by atoms with Crippen LogP contribution in [0.25, 0.3) is 0 Å². The van der Waals surface area contributed by atoms with Gasteiger partial charge in [-0.2, -0.15) is 0 Å². The molecule has 0 bridgehead atoms. The topological polar surface area (TPSA) is 78.4 Å². The molecular weight excluding hydrogens is 172 g/mol. The Morgan fingerprint density at radius 3 is 2.46 bits per heavy atom. The molecule has 0 saturated heterocycles. The van der Waals surface area contributed by atoms with Gasteiger partial charge in [-0.05, 0) is 6.42 Å². The minimum absolute atomic E-state index is 0.0754. The van der Waals surface area contributed by atoms with Crippen LogP contribution in [-0.4, -0.2) is 36.6 Å². The Bertz CT molecular complexity index is 171. The monoisotopic (exact) mass is 188 g/mol. The fourth-order valence-electron chi connectivity index (χ4n) is 0.747. The second-order valence-corrected chi connectivity index (χ2v) is 2.66. The van der Waals surface area contributed by atoms with Crippen molar-refractivity contribution in [2.75, 3.05) is 19.7 Å². The zero-order valence-electron chi connectivity index (χ0n) is 7.80. The van der Waals surface area contributed by atoms with Gasteiger partial charge in [0, 0.05) is 33.0 Å². The number of nitrogens with one attached hydrogen (secondary N) is 2. The van der Waals surface area contributed by atoms with Gasteiger partial charge in [0.2, 0.25) is 11.8 Å². The molecule has 0 aliphatic carbocycles. The van der Waals surface area contributed by atoms with Gasteiger partial charge in [0.05, 0.1) is 0 Å². The van der Waals surface area contributed by atoms with Gasteiger partial charge in [-0.1, -0.05) is 0 Å².